The molecule has 9 nitrogen and oxygen atoms in total. The Balaban J connectivity index is 1.53. The van der Waals surface area contributed by atoms with Gasteiger partial charge in [-0.2, -0.15) is 0 Å². The molecule has 0 saturated carbocycles. The molecule has 0 bridgehead atoms. The number of sulfonamides is 1. The van der Waals surface area contributed by atoms with Crippen molar-refractivity contribution in [3.05, 3.63) is 87.3 Å². The van der Waals surface area contributed by atoms with Crippen molar-refractivity contribution in [1.29, 1.82) is 0 Å². The number of anilines is 1. The smallest absolute Gasteiger partial charge is 0.340 e. The molecule has 33 heavy (non-hydrogen) atoms. The number of carbonyl (C=O) groups is 1. The van der Waals surface area contributed by atoms with E-state index in [9.17, 15) is 18.0 Å². The first-order chi connectivity index (χ1) is 15.8. The summed E-state index contributed by atoms with van der Waals surface area (Å²) in [4.78, 5) is 29.9. The normalized spacial score (nSPS) is 11.3. The number of carbonyl (C=O) groups excluding carboxylic acids is 1. The summed E-state index contributed by atoms with van der Waals surface area (Å²) >= 11 is 1.31. The summed E-state index contributed by atoms with van der Waals surface area (Å²) < 4.78 is 39.8. The predicted octanol–water partition coefficient (Wildman–Crippen LogP) is 3.23. The fourth-order valence-corrected chi connectivity index (χ4v) is 5.07. The average Bonchev–Trinajstić information content (AvgIpc) is 3.18. The Kier molecular flexibility index (Phi) is 6.16. The zero-order valence-corrected chi connectivity index (χ0v) is 19.3. The van der Waals surface area contributed by atoms with Gasteiger partial charge in [0.15, 0.2) is 4.96 Å². The lowest BCUT2D eigenvalue weighted by Crippen LogP contribution is -2.18. The molecular weight excluding hydrogens is 466 g/mol. The van der Waals surface area contributed by atoms with Crippen LogP contribution in [0.15, 0.2) is 69.7 Å². The number of rotatable bonds is 7. The highest BCUT2D eigenvalue weighted by atomic mass is 32.2. The van der Waals surface area contributed by atoms with E-state index in [0.717, 1.165) is 5.69 Å². The van der Waals surface area contributed by atoms with Crippen LogP contribution in [0, 0.1) is 6.92 Å². The van der Waals surface area contributed by atoms with Gasteiger partial charge in [-0.1, -0.05) is 12.1 Å². The molecule has 170 valence electrons. The lowest BCUT2D eigenvalue weighted by molar-refractivity contribution is 0.0469. The van der Waals surface area contributed by atoms with Crippen molar-refractivity contribution < 1.29 is 22.7 Å². The first kappa shape index (κ1) is 22.5. The molecule has 0 aliphatic rings. The zero-order valence-electron chi connectivity index (χ0n) is 17.6. The van der Waals surface area contributed by atoms with Crippen molar-refractivity contribution in [2.75, 3.05) is 11.8 Å². The van der Waals surface area contributed by atoms with E-state index in [1.807, 2.05) is 5.38 Å². The van der Waals surface area contributed by atoms with Crippen molar-refractivity contribution in [2.24, 2.45) is 0 Å². The largest absolute Gasteiger partial charge is 0.497 e. The summed E-state index contributed by atoms with van der Waals surface area (Å²) in [5, 5.41) is 1.81. The van der Waals surface area contributed by atoms with Crippen LogP contribution in [0.25, 0.3) is 4.96 Å². The van der Waals surface area contributed by atoms with Gasteiger partial charge in [-0.15, -0.1) is 11.3 Å². The van der Waals surface area contributed by atoms with Crippen molar-refractivity contribution >= 4 is 38.0 Å². The quantitative estimate of drug-likeness (QED) is 0.400. The molecule has 2 aromatic heterocycles. The number of hydrogen-bond donors (Lipinski definition) is 1. The monoisotopic (exact) mass is 485 g/mol. The molecule has 0 radical (unpaired) electrons. The molecule has 0 fully saturated rings. The number of nitrogens with one attached hydrogen (secondary N) is 1. The Morgan fingerprint density at radius 1 is 1.15 bits per heavy atom. The highest BCUT2D eigenvalue weighted by Gasteiger charge is 2.20. The van der Waals surface area contributed by atoms with E-state index in [2.05, 4.69) is 9.71 Å². The Morgan fingerprint density at radius 3 is 2.61 bits per heavy atom. The van der Waals surface area contributed by atoms with E-state index in [4.69, 9.17) is 9.47 Å². The van der Waals surface area contributed by atoms with Gasteiger partial charge in [0.1, 0.15) is 12.4 Å². The third kappa shape index (κ3) is 4.73. The van der Waals surface area contributed by atoms with E-state index >= 15 is 0 Å². The van der Waals surface area contributed by atoms with E-state index in [0.29, 0.717) is 16.4 Å². The second kappa shape index (κ2) is 9.04. The maximum atomic E-state index is 12.8. The van der Waals surface area contributed by atoms with E-state index in [1.54, 1.807) is 19.1 Å². The second-order valence-electron chi connectivity index (χ2n) is 6.98. The highest BCUT2D eigenvalue weighted by Crippen LogP contribution is 2.23. The van der Waals surface area contributed by atoms with Crippen LogP contribution in [0.4, 0.5) is 5.69 Å². The zero-order chi connectivity index (χ0) is 23.6. The summed E-state index contributed by atoms with van der Waals surface area (Å²) in [7, 11) is -2.48. The van der Waals surface area contributed by atoms with Crippen LogP contribution >= 0.6 is 11.3 Å². The summed E-state index contributed by atoms with van der Waals surface area (Å²) in [5.74, 6) is -0.241. The molecule has 2 heterocycles. The molecule has 0 aliphatic heterocycles. The lowest BCUT2D eigenvalue weighted by Gasteiger charge is -2.12. The van der Waals surface area contributed by atoms with Gasteiger partial charge in [0.05, 0.1) is 29.0 Å². The Bertz CT molecular complexity index is 1490. The SMILES string of the molecule is COc1ccc(S(=O)(=O)Nc2ccccc2C(=O)OCc2cc(=O)n3c(C)csc3n2)cc1. The maximum Gasteiger partial charge on any atom is 0.340 e. The molecule has 0 amide bonds. The number of nitrogens with zero attached hydrogens (tertiary/aromatic N) is 2. The van der Waals surface area contributed by atoms with E-state index < -0.39 is 16.0 Å². The number of benzene rings is 2. The van der Waals surface area contributed by atoms with Crippen LogP contribution in [-0.2, 0) is 21.4 Å². The minimum atomic E-state index is -3.96. The number of methoxy groups -OCH3 is 1. The fraction of sp³-hybridized carbons (Fsp3) is 0.136. The third-order valence-electron chi connectivity index (χ3n) is 4.74. The topological polar surface area (TPSA) is 116 Å². The number of para-hydroxylation sites is 1. The van der Waals surface area contributed by atoms with Crippen LogP contribution in [-0.4, -0.2) is 30.9 Å². The Morgan fingerprint density at radius 2 is 1.88 bits per heavy atom. The number of aryl methyl sites for hydroxylation is 1. The van der Waals surface area contributed by atoms with E-state index in [1.165, 1.54) is 65.3 Å². The number of ether oxygens (including phenoxy) is 2. The standard InChI is InChI=1S/C22H19N3O6S2/c1-14-13-32-22-23-15(11-20(26)25(14)22)12-31-21(27)18-5-3-4-6-19(18)24-33(28,29)17-9-7-16(30-2)8-10-17/h3-11,13,24H,12H2,1-2H3. The number of hydrogen-bond acceptors (Lipinski definition) is 8. The van der Waals surface area contributed by atoms with Crippen molar-refractivity contribution in [3.63, 3.8) is 0 Å². The third-order valence-corrected chi connectivity index (χ3v) is 7.07. The lowest BCUT2D eigenvalue weighted by atomic mass is 10.2. The molecule has 11 heteroatoms. The van der Waals surface area contributed by atoms with Gasteiger partial charge >= 0.3 is 5.97 Å². The van der Waals surface area contributed by atoms with Gasteiger partial charge < -0.3 is 9.47 Å². The first-order valence-electron chi connectivity index (χ1n) is 9.68. The van der Waals surface area contributed by atoms with Gasteiger partial charge in [-0.25, -0.2) is 18.2 Å². The number of aromatic nitrogens is 2. The number of esters is 1. The minimum Gasteiger partial charge on any atom is -0.497 e. The van der Waals surface area contributed by atoms with Gasteiger partial charge in [0.2, 0.25) is 0 Å². The van der Waals surface area contributed by atoms with Crippen LogP contribution in [0.5, 0.6) is 5.75 Å². The molecule has 4 aromatic rings. The van der Waals surface area contributed by atoms with Crippen LogP contribution < -0.4 is 15.0 Å². The summed E-state index contributed by atoms with van der Waals surface area (Å²) in [6.07, 6.45) is 0. The minimum absolute atomic E-state index is 0.00990. The second-order valence-corrected chi connectivity index (χ2v) is 9.50. The van der Waals surface area contributed by atoms with Crippen molar-refractivity contribution in [2.45, 2.75) is 18.4 Å². The number of thiazole rings is 1. The van der Waals surface area contributed by atoms with Crippen LogP contribution in [0.3, 0.4) is 0 Å². The molecule has 0 spiro atoms. The van der Waals surface area contributed by atoms with Crippen molar-refractivity contribution in [3.8, 4) is 5.75 Å². The molecule has 0 saturated heterocycles. The molecule has 0 aliphatic carbocycles. The summed E-state index contributed by atoms with van der Waals surface area (Å²) in [5.41, 5.74) is 0.896. The summed E-state index contributed by atoms with van der Waals surface area (Å²) in [6.45, 7) is 1.57. The van der Waals surface area contributed by atoms with Gasteiger partial charge in [0.25, 0.3) is 15.6 Å². The van der Waals surface area contributed by atoms with Crippen LogP contribution in [0.2, 0.25) is 0 Å². The Labute approximate surface area is 193 Å². The first-order valence-corrected chi connectivity index (χ1v) is 12.0. The molecular formula is C22H19N3O6S2. The summed E-state index contributed by atoms with van der Waals surface area (Å²) in [6, 6.07) is 13.2. The molecule has 0 atom stereocenters. The van der Waals surface area contributed by atoms with Gasteiger partial charge in [-0.05, 0) is 43.3 Å². The van der Waals surface area contributed by atoms with Gasteiger partial charge in [-0.3, -0.25) is 13.9 Å². The molecule has 1 N–H and O–H groups in total. The Hall–Kier alpha value is -3.70. The highest BCUT2D eigenvalue weighted by molar-refractivity contribution is 7.92. The maximum absolute atomic E-state index is 12.8. The molecule has 0 unspecified atom stereocenters. The van der Waals surface area contributed by atoms with Crippen molar-refractivity contribution in [1.82, 2.24) is 9.38 Å². The average molecular weight is 486 g/mol. The van der Waals surface area contributed by atoms with Crippen LogP contribution in [0.1, 0.15) is 21.7 Å². The van der Waals surface area contributed by atoms with E-state index in [-0.39, 0.29) is 28.3 Å². The fourth-order valence-electron chi connectivity index (χ4n) is 3.10. The van der Waals surface area contributed by atoms with Gasteiger partial charge in [0, 0.05) is 17.1 Å². The predicted molar refractivity (Wildman–Crippen MR) is 123 cm³/mol. The number of fused-ring (bicyclic) bond motifs is 1. The molecule has 4 rings (SSSR count). The molecule has 2 aromatic carbocycles.